The molecule has 4 rings (SSSR count). The summed E-state index contributed by atoms with van der Waals surface area (Å²) >= 11 is 0. The average Bonchev–Trinajstić information content (AvgIpc) is 3.08. The quantitative estimate of drug-likeness (QED) is 0.703. The van der Waals surface area contributed by atoms with Crippen molar-refractivity contribution >= 4 is 10.0 Å². The lowest BCUT2D eigenvalue weighted by Crippen LogP contribution is -2.37. The second-order valence-corrected chi connectivity index (χ2v) is 7.78. The highest BCUT2D eigenvalue weighted by Gasteiger charge is 2.33. The van der Waals surface area contributed by atoms with Crippen LogP contribution in [0.15, 0.2) is 53.4 Å². The zero-order valence-corrected chi connectivity index (χ0v) is 14.3. The molecule has 0 amide bonds. The first-order chi connectivity index (χ1) is 12.5. The highest BCUT2D eigenvalue weighted by atomic mass is 32.2. The predicted octanol–water partition coefficient (Wildman–Crippen LogP) is 2.29. The van der Waals surface area contributed by atoms with Crippen molar-refractivity contribution in [1.29, 1.82) is 0 Å². The summed E-state index contributed by atoms with van der Waals surface area (Å²) in [6, 6.07) is 12.5. The number of aromatic nitrogens is 3. The van der Waals surface area contributed by atoms with Gasteiger partial charge in [-0.15, -0.1) is 5.10 Å². The van der Waals surface area contributed by atoms with Gasteiger partial charge >= 0.3 is 0 Å². The molecule has 0 spiro atoms. The van der Waals surface area contributed by atoms with Gasteiger partial charge in [0.1, 0.15) is 10.6 Å². The fraction of sp³-hybridized carbons (Fsp3) is 0.176. The number of sulfonamides is 1. The lowest BCUT2D eigenvalue weighted by Gasteiger charge is -2.25. The molecule has 2 aromatic carbocycles. The standard InChI is InChI=1S/C17H14F2N4O2S/c18-13-7-4-8-16(17(13)19)26(24,25)22-10-9-15-14(11-22)20-21-23(15)12-5-2-1-3-6-12/h1-8H,9-11H2. The van der Waals surface area contributed by atoms with Gasteiger partial charge < -0.3 is 0 Å². The molecule has 6 nitrogen and oxygen atoms in total. The van der Waals surface area contributed by atoms with Gasteiger partial charge in [-0.25, -0.2) is 21.9 Å². The van der Waals surface area contributed by atoms with E-state index in [2.05, 4.69) is 10.3 Å². The van der Waals surface area contributed by atoms with Crippen molar-refractivity contribution in [2.75, 3.05) is 6.54 Å². The Kier molecular flexibility index (Phi) is 4.04. The van der Waals surface area contributed by atoms with Gasteiger partial charge in [0.15, 0.2) is 11.6 Å². The van der Waals surface area contributed by atoms with Crippen LogP contribution in [0.3, 0.4) is 0 Å². The van der Waals surface area contributed by atoms with Crippen LogP contribution in [0.4, 0.5) is 8.78 Å². The molecule has 0 unspecified atom stereocenters. The van der Waals surface area contributed by atoms with E-state index in [4.69, 9.17) is 0 Å². The van der Waals surface area contributed by atoms with Gasteiger partial charge in [0.05, 0.1) is 17.9 Å². The summed E-state index contributed by atoms with van der Waals surface area (Å²) in [6.07, 6.45) is 0.368. The molecule has 1 aliphatic heterocycles. The fourth-order valence-corrected chi connectivity index (χ4v) is 4.46. The molecule has 0 radical (unpaired) electrons. The van der Waals surface area contributed by atoms with Crippen molar-refractivity contribution in [2.45, 2.75) is 17.9 Å². The Morgan fingerprint density at radius 2 is 1.77 bits per heavy atom. The Bertz CT molecular complexity index is 1070. The summed E-state index contributed by atoms with van der Waals surface area (Å²) in [5.41, 5.74) is 2.14. The van der Waals surface area contributed by atoms with Crippen LogP contribution in [-0.4, -0.2) is 34.3 Å². The number of halogens is 2. The number of fused-ring (bicyclic) bond motifs is 1. The van der Waals surface area contributed by atoms with E-state index in [1.165, 1.54) is 6.07 Å². The summed E-state index contributed by atoms with van der Waals surface area (Å²) in [5.74, 6) is -2.56. The molecular formula is C17H14F2N4O2S. The Labute approximate surface area is 148 Å². The van der Waals surface area contributed by atoms with Gasteiger partial charge in [-0.2, -0.15) is 4.31 Å². The molecule has 1 aliphatic rings. The summed E-state index contributed by atoms with van der Waals surface area (Å²) in [4.78, 5) is -0.670. The molecule has 9 heteroatoms. The van der Waals surface area contributed by atoms with E-state index >= 15 is 0 Å². The van der Waals surface area contributed by atoms with Crippen LogP contribution >= 0.6 is 0 Å². The number of para-hydroxylation sites is 1. The molecule has 0 fully saturated rings. The largest absolute Gasteiger partial charge is 0.246 e. The van der Waals surface area contributed by atoms with Crippen LogP contribution < -0.4 is 0 Å². The molecule has 0 saturated carbocycles. The molecule has 2 heterocycles. The van der Waals surface area contributed by atoms with Crippen LogP contribution in [0.2, 0.25) is 0 Å². The third-order valence-electron chi connectivity index (χ3n) is 4.30. The van der Waals surface area contributed by atoms with E-state index in [-0.39, 0.29) is 13.1 Å². The second kappa shape index (κ2) is 6.26. The minimum absolute atomic E-state index is 0.0412. The van der Waals surface area contributed by atoms with Gasteiger partial charge in [0.25, 0.3) is 0 Å². The highest BCUT2D eigenvalue weighted by molar-refractivity contribution is 7.89. The third-order valence-corrected chi connectivity index (χ3v) is 6.17. The molecule has 0 atom stereocenters. The zero-order valence-electron chi connectivity index (χ0n) is 13.5. The topological polar surface area (TPSA) is 68.1 Å². The summed E-state index contributed by atoms with van der Waals surface area (Å²) in [6.45, 7) is 0.0892. The molecular weight excluding hydrogens is 362 g/mol. The van der Waals surface area contributed by atoms with Crippen LogP contribution in [0, 0.1) is 11.6 Å². The number of hydrogen-bond acceptors (Lipinski definition) is 4. The van der Waals surface area contributed by atoms with E-state index in [1.54, 1.807) is 4.68 Å². The van der Waals surface area contributed by atoms with Crippen molar-refractivity contribution in [3.63, 3.8) is 0 Å². The fourth-order valence-electron chi connectivity index (χ4n) is 2.99. The van der Waals surface area contributed by atoms with Crippen LogP contribution in [0.1, 0.15) is 11.4 Å². The number of hydrogen-bond donors (Lipinski definition) is 0. The van der Waals surface area contributed by atoms with Crippen LogP contribution in [0.5, 0.6) is 0 Å². The monoisotopic (exact) mass is 376 g/mol. The minimum atomic E-state index is -4.17. The lowest BCUT2D eigenvalue weighted by atomic mass is 10.2. The van der Waals surface area contributed by atoms with Gasteiger partial charge in [-0.3, -0.25) is 0 Å². The maximum absolute atomic E-state index is 14.0. The molecule has 0 saturated heterocycles. The van der Waals surface area contributed by atoms with E-state index in [9.17, 15) is 17.2 Å². The maximum Gasteiger partial charge on any atom is 0.246 e. The number of benzene rings is 2. The number of rotatable bonds is 3. The predicted molar refractivity (Wildman–Crippen MR) is 89.0 cm³/mol. The second-order valence-electron chi connectivity index (χ2n) is 5.87. The Morgan fingerprint density at radius 3 is 2.54 bits per heavy atom. The van der Waals surface area contributed by atoms with Gasteiger partial charge in [0.2, 0.25) is 10.0 Å². The zero-order chi connectivity index (χ0) is 18.3. The number of nitrogens with zero attached hydrogens (tertiary/aromatic N) is 4. The van der Waals surface area contributed by atoms with Crippen molar-refractivity contribution in [2.24, 2.45) is 0 Å². The van der Waals surface area contributed by atoms with E-state index in [0.717, 1.165) is 27.8 Å². The SMILES string of the molecule is O=S(=O)(c1cccc(F)c1F)N1CCc2c(nnn2-c2ccccc2)C1. The minimum Gasteiger partial charge on any atom is -0.217 e. The first kappa shape index (κ1) is 16.8. The van der Waals surface area contributed by atoms with Gasteiger partial charge in [-0.05, 0) is 24.3 Å². The van der Waals surface area contributed by atoms with Gasteiger partial charge in [-0.1, -0.05) is 29.5 Å². The van der Waals surface area contributed by atoms with Gasteiger partial charge in [0, 0.05) is 13.0 Å². The molecule has 0 aliphatic carbocycles. The molecule has 3 aromatic rings. The molecule has 26 heavy (non-hydrogen) atoms. The maximum atomic E-state index is 14.0. The lowest BCUT2D eigenvalue weighted by molar-refractivity contribution is 0.379. The third kappa shape index (κ3) is 2.69. The van der Waals surface area contributed by atoms with Crippen molar-refractivity contribution in [1.82, 2.24) is 19.3 Å². The van der Waals surface area contributed by atoms with Crippen molar-refractivity contribution in [3.05, 3.63) is 71.6 Å². The van der Waals surface area contributed by atoms with Crippen molar-refractivity contribution in [3.8, 4) is 5.69 Å². The summed E-state index contributed by atoms with van der Waals surface area (Å²) in [7, 11) is -4.17. The summed E-state index contributed by atoms with van der Waals surface area (Å²) < 4.78 is 55.6. The molecule has 1 aromatic heterocycles. The van der Waals surface area contributed by atoms with Crippen LogP contribution in [0.25, 0.3) is 5.69 Å². The Hall–Kier alpha value is -2.65. The molecule has 0 N–H and O–H groups in total. The average molecular weight is 376 g/mol. The normalized spacial score (nSPS) is 15.0. The molecule has 134 valence electrons. The van der Waals surface area contributed by atoms with E-state index in [1.807, 2.05) is 30.3 Å². The molecule has 0 bridgehead atoms. The summed E-state index contributed by atoms with van der Waals surface area (Å²) in [5, 5.41) is 8.17. The van der Waals surface area contributed by atoms with E-state index < -0.39 is 26.6 Å². The first-order valence-corrected chi connectivity index (χ1v) is 9.35. The smallest absolute Gasteiger partial charge is 0.217 e. The Balaban J connectivity index is 1.67. The first-order valence-electron chi connectivity index (χ1n) is 7.91. The highest BCUT2D eigenvalue weighted by Crippen LogP contribution is 2.27. The Morgan fingerprint density at radius 1 is 1.00 bits per heavy atom. The van der Waals surface area contributed by atoms with E-state index in [0.29, 0.717) is 12.1 Å². The van der Waals surface area contributed by atoms with Crippen LogP contribution in [-0.2, 0) is 23.0 Å². The van der Waals surface area contributed by atoms with Crippen molar-refractivity contribution < 1.29 is 17.2 Å².